The first-order chi connectivity index (χ1) is 9.34. The van der Waals surface area contributed by atoms with Gasteiger partial charge in [0.05, 0.1) is 9.35 Å². The van der Waals surface area contributed by atoms with E-state index in [4.69, 9.17) is 0 Å². The molecule has 1 nitrogen and oxygen atoms in total. The molecule has 0 saturated heterocycles. The van der Waals surface area contributed by atoms with E-state index < -0.39 is 11.7 Å². The normalized spacial score (nSPS) is 11.6. The fraction of sp³-hybridized carbons (Fsp3) is 0.214. The minimum Gasteiger partial charge on any atom is -0.299 e. The number of alkyl halides is 3. The molecule has 2 rings (SSSR count). The van der Waals surface area contributed by atoms with E-state index in [9.17, 15) is 18.0 Å². The van der Waals surface area contributed by atoms with Gasteiger partial charge in [-0.3, -0.25) is 4.79 Å². The van der Waals surface area contributed by atoms with E-state index in [0.29, 0.717) is 12.0 Å². The van der Waals surface area contributed by atoms with Crippen LogP contribution in [0.25, 0.3) is 0 Å². The average molecular weight is 363 g/mol. The van der Waals surface area contributed by atoms with E-state index in [1.807, 2.05) is 12.1 Å². The van der Waals surface area contributed by atoms with Crippen LogP contribution in [-0.2, 0) is 23.8 Å². The topological polar surface area (TPSA) is 17.1 Å². The van der Waals surface area contributed by atoms with Crippen molar-refractivity contribution in [1.82, 2.24) is 0 Å². The number of benzene rings is 1. The van der Waals surface area contributed by atoms with Gasteiger partial charge in [0.2, 0.25) is 0 Å². The van der Waals surface area contributed by atoms with Crippen LogP contribution < -0.4 is 0 Å². The highest BCUT2D eigenvalue weighted by Crippen LogP contribution is 2.29. The molecule has 0 N–H and O–H groups in total. The summed E-state index contributed by atoms with van der Waals surface area (Å²) in [6, 6.07) is 8.44. The van der Waals surface area contributed by atoms with Crippen LogP contribution in [0.2, 0.25) is 0 Å². The summed E-state index contributed by atoms with van der Waals surface area (Å²) in [5.74, 6) is -0.0147. The SMILES string of the molecule is O=C(Cc1ccc(C(F)(F)F)cc1)Cc1ccc(Br)s1. The molecule has 2 aromatic rings. The molecule has 6 heteroatoms. The van der Waals surface area contributed by atoms with Crippen LogP contribution in [0.4, 0.5) is 13.2 Å². The van der Waals surface area contributed by atoms with Crippen LogP contribution in [0.15, 0.2) is 40.2 Å². The Kier molecular flexibility index (Phi) is 4.65. The molecular formula is C14H10BrF3OS. The van der Waals surface area contributed by atoms with E-state index in [1.165, 1.54) is 23.5 Å². The number of hydrogen-bond donors (Lipinski definition) is 0. The van der Waals surface area contributed by atoms with Gasteiger partial charge in [-0.25, -0.2) is 0 Å². The minimum atomic E-state index is -4.34. The first-order valence-corrected chi connectivity index (χ1v) is 7.37. The molecule has 106 valence electrons. The maximum absolute atomic E-state index is 12.4. The first kappa shape index (κ1) is 15.3. The molecule has 0 spiro atoms. The highest BCUT2D eigenvalue weighted by atomic mass is 79.9. The van der Waals surface area contributed by atoms with Gasteiger partial charge in [0.25, 0.3) is 0 Å². The Balaban J connectivity index is 1.98. The Morgan fingerprint density at radius 2 is 1.70 bits per heavy atom. The number of thiophene rings is 1. The van der Waals surface area contributed by atoms with Crippen molar-refractivity contribution >= 4 is 33.0 Å². The molecule has 0 radical (unpaired) electrons. The summed E-state index contributed by atoms with van der Waals surface area (Å²) in [5, 5.41) is 0. The standard InChI is InChI=1S/C14H10BrF3OS/c15-13-6-5-12(20-13)8-11(19)7-9-1-3-10(4-2-9)14(16,17)18/h1-6H,7-8H2. The highest BCUT2D eigenvalue weighted by molar-refractivity contribution is 9.11. The van der Waals surface area contributed by atoms with E-state index in [-0.39, 0.29) is 12.2 Å². The molecule has 0 atom stereocenters. The molecule has 0 bridgehead atoms. The van der Waals surface area contributed by atoms with Gasteiger partial charge in [-0.15, -0.1) is 11.3 Å². The lowest BCUT2D eigenvalue weighted by molar-refractivity contribution is -0.137. The summed E-state index contributed by atoms with van der Waals surface area (Å²) < 4.78 is 38.2. The second-order valence-corrected chi connectivity index (χ2v) is 6.84. The fourth-order valence-electron chi connectivity index (χ4n) is 1.74. The van der Waals surface area contributed by atoms with Crippen molar-refractivity contribution in [3.8, 4) is 0 Å². The third kappa shape index (κ3) is 4.18. The second-order valence-electron chi connectivity index (χ2n) is 4.29. The predicted molar refractivity (Wildman–Crippen MR) is 75.9 cm³/mol. The van der Waals surface area contributed by atoms with Crippen molar-refractivity contribution in [2.24, 2.45) is 0 Å². The number of rotatable bonds is 4. The molecule has 1 heterocycles. The van der Waals surface area contributed by atoms with Crippen molar-refractivity contribution in [3.05, 3.63) is 56.2 Å². The molecule has 1 aromatic carbocycles. The minimum absolute atomic E-state index is 0.0147. The van der Waals surface area contributed by atoms with Gasteiger partial charge in [0, 0.05) is 17.7 Å². The molecule has 0 saturated carbocycles. The zero-order valence-corrected chi connectivity index (χ0v) is 12.6. The maximum atomic E-state index is 12.4. The van der Waals surface area contributed by atoms with Gasteiger partial charge in [-0.1, -0.05) is 12.1 Å². The van der Waals surface area contributed by atoms with Crippen LogP contribution >= 0.6 is 27.3 Å². The third-order valence-electron chi connectivity index (χ3n) is 2.68. The molecule has 0 aliphatic rings. The van der Waals surface area contributed by atoms with Gasteiger partial charge in [0.1, 0.15) is 5.78 Å². The Labute approximate surface area is 126 Å². The Bertz CT molecular complexity index is 602. The molecule has 0 amide bonds. The Morgan fingerprint density at radius 1 is 1.05 bits per heavy atom. The molecule has 0 aliphatic carbocycles. The van der Waals surface area contributed by atoms with Crippen molar-refractivity contribution in [2.75, 3.05) is 0 Å². The molecular weight excluding hydrogens is 353 g/mol. The van der Waals surface area contributed by atoms with Gasteiger partial charge in [0.15, 0.2) is 0 Å². The summed E-state index contributed by atoms with van der Waals surface area (Å²) >= 11 is 4.80. The largest absolute Gasteiger partial charge is 0.416 e. The summed E-state index contributed by atoms with van der Waals surface area (Å²) in [7, 11) is 0. The monoisotopic (exact) mass is 362 g/mol. The van der Waals surface area contributed by atoms with Crippen molar-refractivity contribution in [1.29, 1.82) is 0 Å². The van der Waals surface area contributed by atoms with E-state index in [1.54, 1.807) is 0 Å². The smallest absolute Gasteiger partial charge is 0.299 e. The molecule has 20 heavy (non-hydrogen) atoms. The van der Waals surface area contributed by atoms with Gasteiger partial charge in [-0.05, 0) is 45.8 Å². The van der Waals surface area contributed by atoms with Crippen LogP contribution in [0, 0.1) is 0 Å². The van der Waals surface area contributed by atoms with Crippen molar-refractivity contribution in [2.45, 2.75) is 19.0 Å². The summed E-state index contributed by atoms with van der Waals surface area (Å²) in [5.41, 5.74) is -0.102. The van der Waals surface area contributed by atoms with Crippen LogP contribution in [0.5, 0.6) is 0 Å². The fourth-order valence-corrected chi connectivity index (χ4v) is 3.25. The third-order valence-corrected chi connectivity index (χ3v) is 4.31. The zero-order valence-electron chi connectivity index (χ0n) is 10.2. The van der Waals surface area contributed by atoms with E-state index in [2.05, 4.69) is 15.9 Å². The van der Waals surface area contributed by atoms with E-state index >= 15 is 0 Å². The van der Waals surface area contributed by atoms with Crippen molar-refractivity contribution < 1.29 is 18.0 Å². The summed E-state index contributed by atoms with van der Waals surface area (Å²) in [4.78, 5) is 12.8. The number of carbonyl (C=O) groups is 1. The highest BCUT2D eigenvalue weighted by Gasteiger charge is 2.29. The lowest BCUT2D eigenvalue weighted by Gasteiger charge is -2.07. The average Bonchev–Trinajstić information content (AvgIpc) is 2.74. The lowest BCUT2D eigenvalue weighted by Crippen LogP contribution is -2.07. The van der Waals surface area contributed by atoms with E-state index in [0.717, 1.165) is 20.8 Å². The number of halogens is 4. The van der Waals surface area contributed by atoms with Crippen molar-refractivity contribution in [3.63, 3.8) is 0 Å². The van der Waals surface area contributed by atoms with Gasteiger partial charge in [-0.2, -0.15) is 13.2 Å². The molecule has 0 unspecified atom stereocenters. The Hall–Kier alpha value is -1.14. The first-order valence-electron chi connectivity index (χ1n) is 5.76. The summed E-state index contributed by atoms with van der Waals surface area (Å²) in [6.07, 6.45) is -3.89. The van der Waals surface area contributed by atoms with Gasteiger partial charge >= 0.3 is 6.18 Å². The summed E-state index contributed by atoms with van der Waals surface area (Å²) in [6.45, 7) is 0. The second kappa shape index (κ2) is 6.10. The zero-order chi connectivity index (χ0) is 14.8. The Morgan fingerprint density at radius 3 is 2.20 bits per heavy atom. The van der Waals surface area contributed by atoms with Crippen LogP contribution in [-0.4, -0.2) is 5.78 Å². The maximum Gasteiger partial charge on any atom is 0.416 e. The molecule has 1 aromatic heterocycles. The van der Waals surface area contributed by atoms with Crippen LogP contribution in [0.1, 0.15) is 16.0 Å². The van der Waals surface area contributed by atoms with Crippen LogP contribution in [0.3, 0.4) is 0 Å². The van der Waals surface area contributed by atoms with Gasteiger partial charge < -0.3 is 0 Å². The number of ketones is 1. The molecule has 0 aliphatic heterocycles. The predicted octanol–water partition coefficient (Wildman–Crippen LogP) is 4.88. The number of carbonyl (C=O) groups excluding carboxylic acids is 1. The lowest BCUT2D eigenvalue weighted by atomic mass is 10.0. The quantitative estimate of drug-likeness (QED) is 0.757. The number of hydrogen-bond acceptors (Lipinski definition) is 2. The molecule has 0 fully saturated rings. The number of Topliss-reactive ketones (excluding diaryl/α,β-unsaturated/α-hetero) is 1.